The van der Waals surface area contributed by atoms with Crippen molar-refractivity contribution in [1.82, 2.24) is 0 Å². The van der Waals surface area contributed by atoms with E-state index in [2.05, 4.69) is 48.5 Å². The van der Waals surface area contributed by atoms with Gasteiger partial charge in [0.1, 0.15) is 19.3 Å². The highest BCUT2D eigenvalue weighted by Crippen LogP contribution is 2.45. The van der Waals surface area contributed by atoms with Crippen LogP contribution in [0, 0.1) is 17.8 Å². The van der Waals surface area contributed by atoms with E-state index in [1.165, 1.54) is 205 Å². The minimum atomic E-state index is -4.96. The van der Waals surface area contributed by atoms with Crippen LogP contribution < -0.4 is 0 Å². The average molecular weight is 1410 g/mol. The van der Waals surface area contributed by atoms with Gasteiger partial charge in [0.15, 0.2) is 12.2 Å². The first kappa shape index (κ1) is 94.1. The molecule has 2 unspecified atom stereocenters. The molecule has 17 nitrogen and oxygen atoms in total. The first-order chi connectivity index (χ1) is 46.2. The number of carbonyl (C=O) groups excluding carboxylic acids is 4. The number of phosphoric acid groups is 2. The summed E-state index contributed by atoms with van der Waals surface area (Å²) in [7, 11) is -9.91. The summed E-state index contributed by atoms with van der Waals surface area (Å²) in [5.41, 5.74) is 0. The number of phosphoric ester groups is 2. The van der Waals surface area contributed by atoms with E-state index < -0.39 is 97.5 Å². The summed E-state index contributed by atoms with van der Waals surface area (Å²) in [6.07, 6.45) is 54.0. The quantitative estimate of drug-likeness (QED) is 0.0222. The topological polar surface area (TPSA) is 237 Å². The molecule has 96 heavy (non-hydrogen) atoms. The lowest BCUT2D eigenvalue weighted by molar-refractivity contribution is -0.161. The molecule has 0 rings (SSSR count). The Labute approximate surface area is 588 Å². The summed E-state index contributed by atoms with van der Waals surface area (Å²) in [4.78, 5) is 72.9. The molecule has 0 amide bonds. The highest BCUT2D eigenvalue weighted by molar-refractivity contribution is 7.47. The summed E-state index contributed by atoms with van der Waals surface area (Å²) in [5.74, 6) is 0.178. The maximum absolute atomic E-state index is 13.1. The zero-order valence-electron chi connectivity index (χ0n) is 62.8. The van der Waals surface area contributed by atoms with Crippen LogP contribution in [-0.2, 0) is 65.4 Å². The number of esters is 4. The lowest BCUT2D eigenvalue weighted by Gasteiger charge is -2.21. The lowest BCUT2D eigenvalue weighted by Crippen LogP contribution is -2.30. The molecule has 0 spiro atoms. The molecule has 0 aromatic rings. The van der Waals surface area contributed by atoms with Gasteiger partial charge < -0.3 is 33.8 Å². The summed E-state index contributed by atoms with van der Waals surface area (Å²) >= 11 is 0. The fourth-order valence-corrected chi connectivity index (χ4v) is 13.4. The molecule has 0 aliphatic heterocycles. The van der Waals surface area contributed by atoms with E-state index in [-0.39, 0.29) is 25.7 Å². The fraction of sp³-hybridized carbons (Fsp3) is 0.948. The van der Waals surface area contributed by atoms with Crippen LogP contribution in [0.4, 0.5) is 0 Å². The van der Waals surface area contributed by atoms with Gasteiger partial charge in [0.05, 0.1) is 26.4 Å². The SMILES string of the molecule is CCCCCCCCCCCCCCCCC(=O)O[C@H](COC(=O)CCCCCCCCCCC(C)C)COP(=O)(O)OC[C@H](O)COP(=O)(O)OC[C@@H](COC(=O)CCCCCCCCCCCCCC(C)C)OC(=O)CCCCCCCCCCCCCCCCC(C)C. The highest BCUT2D eigenvalue weighted by Gasteiger charge is 2.30. The van der Waals surface area contributed by atoms with E-state index in [0.717, 1.165) is 108 Å². The van der Waals surface area contributed by atoms with E-state index >= 15 is 0 Å². The van der Waals surface area contributed by atoms with Gasteiger partial charge >= 0.3 is 39.5 Å². The fourth-order valence-electron chi connectivity index (χ4n) is 11.8. The van der Waals surface area contributed by atoms with Crippen molar-refractivity contribution in [2.75, 3.05) is 39.6 Å². The Bertz CT molecular complexity index is 1870. The van der Waals surface area contributed by atoms with Crippen molar-refractivity contribution in [2.45, 2.75) is 414 Å². The summed E-state index contributed by atoms with van der Waals surface area (Å²) in [6, 6.07) is 0. The second-order valence-corrected chi connectivity index (χ2v) is 32.1. The maximum atomic E-state index is 13.1. The first-order valence-corrected chi connectivity index (χ1v) is 42.8. The van der Waals surface area contributed by atoms with Crippen molar-refractivity contribution < 1.29 is 80.2 Å². The Kier molecular flexibility index (Phi) is 66.2. The minimum absolute atomic E-state index is 0.107. The van der Waals surface area contributed by atoms with E-state index in [9.17, 15) is 43.2 Å². The average Bonchev–Trinajstić information content (AvgIpc) is 1.51. The predicted molar refractivity (Wildman–Crippen MR) is 391 cm³/mol. The van der Waals surface area contributed by atoms with Crippen LogP contribution in [0.25, 0.3) is 0 Å². The third-order valence-corrected chi connectivity index (χ3v) is 19.8. The second-order valence-electron chi connectivity index (χ2n) is 29.2. The number of rotatable bonds is 75. The number of carbonyl (C=O) groups is 4. The molecule has 0 bridgehead atoms. The van der Waals surface area contributed by atoms with Crippen molar-refractivity contribution in [1.29, 1.82) is 0 Å². The van der Waals surface area contributed by atoms with Gasteiger partial charge in [-0.3, -0.25) is 37.3 Å². The largest absolute Gasteiger partial charge is 0.472 e. The summed E-state index contributed by atoms with van der Waals surface area (Å²) in [6.45, 7) is 11.9. The Hall–Kier alpha value is -1.94. The normalized spacial score (nSPS) is 14.1. The molecule has 0 aliphatic rings. The second kappa shape index (κ2) is 67.5. The van der Waals surface area contributed by atoms with E-state index in [4.69, 9.17) is 37.0 Å². The highest BCUT2D eigenvalue weighted by atomic mass is 31.2. The van der Waals surface area contributed by atoms with Crippen LogP contribution >= 0.6 is 15.6 Å². The molecule has 0 aromatic heterocycles. The van der Waals surface area contributed by atoms with Crippen molar-refractivity contribution in [3.63, 3.8) is 0 Å². The molecule has 0 heterocycles. The van der Waals surface area contributed by atoms with Gasteiger partial charge in [0.25, 0.3) is 0 Å². The Morgan fingerprint density at radius 2 is 0.479 bits per heavy atom. The Morgan fingerprint density at radius 1 is 0.281 bits per heavy atom. The van der Waals surface area contributed by atoms with Crippen molar-refractivity contribution in [2.24, 2.45) is 17.8 Å². The zero-order chi connectivity index (χ0) is 70.9. The third-order valence-electron chi connectivity index (χ3n) is 17.9. The van der Waals surface area contributed by atoms with Gasteiger partial charge in [-0.2, -0.15) is 0 Å². The van der Waals surface area contributed by atoms with Crippen molar-refractivity contribution >= 4 is 39.5 Å². The number of aliphatic hydroxyl groups is 1. The molecule has 5 atom stereocenters. The summed E-state index contributed by atoms with van der Waals surface area (Å²) in [5, 5.41) is 10.6. The minimum Gasteiger partial charge on any atom is -0.462 e. The number of ether oxygens (including phenoxy) is 4. The molecule has 0 saturated heterocycles. The molecule has 0 fully saturated rings. The molecule has 0 radical (unpaired) electrons. The van der Waals surface area contributed by atoms with Crippen molar-refractivity contribution in [3.05, 3.63) is 0 Å². The molecule has 570 valence electrons. The van der Waals surface area contributed by atoms with Crippen molar-refractivity contribution in [3.8, 4) is 0 Å². The van der Waals surface area contributed by atoms with Crippen LogP contribution in [0.3, 0.4) is 0 Å². The predicted octanol–water partition coefficient (Wildman–Crippen LogP) is 22.6. The van der Waals surface area contributed by atoms with E-state index in [1.54, 1.807) is 0 Å². The van der Waals surface area contributed by atoms with Crippen LogP contribution in [0.2, 0.25) is 0 Å². The van der Waals surface area contributed by atoms with Gasteiger partial charge in [0, 0.05) is 25.7 Å². The van der Waals surface area contributed by atoms with E-state index in [0.29, 0.717) is 25.7 Å². The molecule has 0 aliphatic carbocycles. The first-order valence-electron chi connectivity index (χ1n) is 39.8. The van der Waals surface area contributed by atoms with E-state index in [1.807, 2.05) is 0 Å². The number of unbranched alkanes of at least 4 members (excludes halogenated alkanes) is 43. The Balaban J connectivity index is 5.26. The third kappa shape index (κ3) is 70.5. The van der Waals surface area contributed by atoms with Gasteiger partial charge in [-0.05, 0) is 43.4 Å². The van der Waals surface area contributed by atoms with Crippen LogP contribution in [0.15, 0.2) is 0 Å². The molecular weight excluding hydrogens is 1260 g/mol. The van der Waals surface area contributed by atoms with Crippen LogP contribution in [-0.4, -0.2) is 96.7 Å². The van der Waals surface area contributed by atoms with Gasteiger partial charge in [0.2, 0.25) is 0 Å². The van der Waals surface area contributed by atoms with Gasteiger partial charge in [-0.25, -0.2) is 9.13 Å². The summed E-state index contributed by atoms with van der Waals surface area (Å²) < 4.78 is 68.6. The number of hydrogen-bond acceptors (Lipinski definition) is 15. The van der Waals surface area contributed by atoms with Gasteiger partial charge in [-0.15, -0.1) is 0 Å². The number of aliphatic hydroxyl groups excluding tert-OH is 1. The lowest BCUT2D eigenvalue weighted by atomic mass is 10.0. The molecule has 0 saturated carbocycles. The van der Waals surface area contributed by atoms with Crippen LogP contribution in [0.1, 0.15) is 395 Å². The maximum Gasteiger partial charge on any atom is 0.472 e. The monoisotopic (exact) mass is 1410 g/mol. The standard InChI is InChI=1S/C77H150O17P2/c1-8-9-10-11-12-13-14-15-19-24-30-39-46-53-60-76(81)94-73(65-88-75(80)59-52-45-38-33-32-36-43-50-57-70(6)7)67-92-96(85,86)90-63-71(78)62-89-95(83,84)91-66-72(64-87-74(79)58-51-44-37-29-26-21-23-28-35-42-49-56-69(4)5)93-77(82)61-54-47-40-31-25-20-17-16-18-22-27-34-41-48-55-68(2)3/h68-73,78H,8-67H2,1-7H3,(H,83,84)(H,85,86)/t71-,72-,73-/m1/s1. The molecule has 0 aromatic carbocycles. The molecule has 19 heteroatoms. The Morgan fingerprint density at radius 3 is 0.708 bits per heavy atom. The van der Waals surface area contributed by atoms with Gasteiger partial charge in [-0.1, -0.05) is 344 Å². The number of hydrogen-bond donors (Lipinski definition) is 3. The smallest absolute Gasteiger partial charge is 0.462 e. The zero-order valence-corrected chi connectivity index (χ0v) is 64.6. The molecule has 3 N–H and O–H groups in total. The van der Waals surface area contributed by atoms with Crippen LogP contribution in [0.5, 0.6) is 0 Å². The molecular formula is C77H150O17P2.